The summed E-state index contributed by atoms with van der Waals surface area (Å²) in [6.45, 7) is 0.918. The van der Waals surface area contributed by atoms with Crippen LogP contribution >= 0.6 is 15.9 Å². The highest BCUT2D eigenvalue weighted by atomic mass is 79.9. The molecule has 0 amide bonds. The van der Waals surface area contributed by atoms with E-state index in [1.807, 2.05) is 13.1 Å². The molecule has 74 valence electrons. The molecule has 14 heavy (non-hydrogen) atoms. The van der Waals surface area contributed by atoms with Crippen molar-refractivity contribution in [1.82, 2.24) is 20.3 Å². The largest absolute Gasteiger partial charge is 0.341 e. The molecule has 4 nitrogen and oxygen atoms in total. The lowest BCUT2D eigenvalue weighted by Gasteiger charge is -1.92. The third-order valence-electron chi connectivity index (χ3n) is 1.96. The highest BCUT2D eigenvalue weighted by molar-refractivity contribution is 9.10. The van der Waals surface area contributed by atoms with Gasteiger partial charge in [-0.1, -0.05) is 0 Å². The second-order valence-corrected chi connectivity index (χ2v) is 3.98. The van der Waals surface area contributed by atoms with Crippen molar-refractivity contribution in [2.75, 3.05) is 13.6 Å². The van der Waals surface area contributed by atoms with E-state index in [1.165, 1.54) is 0 Å². The molecular weight excluding hydrogens is 244 g/mol. The molecule has 0 saturated heterocycles. The number of nitrogens with zero attached hydrogens (tertiary/aromatic N) is 2. The van der Waals surface area contributed by atoms with Crippen molar-refractivity contribution in [1.29, 1.82) is 0 Å². The van der Waals surface area contributed by atoms with E-state index in [1.54, 1.807) is 6.20 Å². The lowest BCUT2D eigenvalue weighted by Crippen LogP contribution is -2.10. The summed E-state index contributed by atoms with van der Waals surface area (Å²) in [5.74, 6) is 0.972. The van der Waals surface area contributed by atoms with E-state index in [9.17, 15) is 0 Å². The van der Waals surface area contributed by atoms with Gasteiger partial charge in [-0.15, -0.1) is 0 Å². The average molecular weight is 255 g/mol. The van der Waals surface area contributed by atoms with Gasteiger partial charge in [0.25, 0.3) is 0 Å². The third-order valence-corrected chi connectivity index (χ3v) is 2.40. The molecule has 2 heterocycles. The van der Waals surface area contributed by atoms with Gasteiger partial charge in [0.15, 0.2) is 5.65 Å². The second-order valence-electron chi connectivity index (χ2n) is 3.06. The Morgan fingerprint density at radius 2 is 2.43 bits per heavy atom. The van der Waals surface area contributed by atoms with Crippen LogP contribution in [0.3, 0.4) is 0 Å². The molecule has 0 spiro atoms. The van der Waals surface area contributed by atoms with Crippen molar-refractivity contribution in [2.45, 2.75) is 6.42 Å². The van der Waals surface area contributed by atoms with Crippen molar-refractivity contribution in [3.63, 3.8) is 0 Å². The Bertz CT molecular complexity index is 437. The Hall–Kier alpha value is -0.940. The molecule has 0 aliphatic rings. The first-order chi connectivity index (χ1) is 6.79. The Kier molecular flexibility index (Phi) is 2.79. The minimum Gasteiger partial charge on any atom is -0.341 e. The van der Waals surface area contributed by atoms with Crippen molar-refractivity contribution in [3.8, 4) is 0 Å². The smallest absolute Gasteiger partial charge is 0.177 e. The van der Waals surface area contributed by atoms with Crippen molar-refractivity contribution in [2.24, 2.45) is 0 Å². The molecule has 0 aliphatic heterocycles. The Balaban J connectivity index is 2.32. The second kappa shape index (κ2) is 4.06. The zero-order valence-corrected chi connectivity index (χ0v) is 9.43. The van der Waals surface area contributed by atoms with Crippen LogP contribution in [-0.2, 0) is 6.42 Å². The van der Waals surface area contributed by atoms with Gasteiger partial charge in [-0.05, 0) is 29.0 Å². The Morgan fingerprint density at radius 3 is 3.21 bits per heavy atom. The van der Waals surface area contributed by atoms with E-state index in [4.69, 9.17) is 0 Å². The Labute approximate surface area is 90.3 Å². The summed E-state index contributed by atoms with van der Waals surface area (Å²) in [7, 11) is 1.93. The van der Waals surface area contributed by atoms with Gasteiger partial charge in [-0.25, -0.2) is 9.97 Å². The molecule has 0 unspecified atom stereocenters. The van der Waals surface area contributed by atoms with Crippen LogP contribution in [0.2, 0.25) is 0 Å². The van der Waals surface area contributed by atoms with E-state index in [0.29, 0.717) is 0 Å². The van der Waals surface area contributed by atoms with Gasteiger partial charge >= 0.3 is 0 Å². The van der Waals surface area contributed by atoms with Crippen LogP contribution in [-0.4, -0.2) is 28.5 Å². The van der Waals surface area contributed by atoms with Crippen LogP contribution in [0.4, 0.5) is 0 Å². The van der Waals surface area contributed by atoms with Crippen molar-refractivity contribution >= 4 is 27.1 Å². The van der Waals surface area contributed by atoms with Gasteiger partial charge in [0.2, 0.25) is 0 Å². The van der Waals surface area contributed by atoms with Crippen LogP contribution in [0, 0.1) is 0 Å². The summed E-state index contributed by atoms with van der Waals surface area (Å²) >= 11 is 3.37. The lowest BCUT2D eigenvalue weighted by atomic mass is 10.4. The normalized spacial score (nSPS) is 11.0. The number of aromatic amines is 1. The molecule has 2 aromatic heterocycles. The van der Waals surface area contributed by atoms with E-state index in [-0.39, 0.29) is 0 Å². The molecule has 0 radical (unpaired) electrons. The van der Waals surface area contributed by atoms with Crippen LogP contribution < -0.4 is 5.32 Å². The molecule has 0 fully saturated rings. The monoisotopic (exact) mass is 254 g/mol. The van der Waals surface area contributed by atoms with E-state index >= 15 is 0 Å². The molecule has 2 rings (SSSR count). The van der Waals surface area contributed by atoms with E-state index in [2.05, 4.69) is 36.2 Å². The van der Waals surface area contributed by atoms with E-state index < -0.39 is 0 Å². The first-order valence-corrected chi connectivity index (χ1v) is 5.23. The number of halogens is 1. The van der Waals surface area contributed by atoms with Gasteiger partial charge in [0, 0.05) is 23.6 Å². The minimum absolute atomic E-state index is 0.777. The summed E-state index contributed by atoms with van der Waals surface area (Å²) in [6.07, 6.45) is 2.65. The molecule has 0 saturated carbocycles. The summed E-state index contributed by atoms with van der Waals surface area (Å²) in [6, 6.07) is 1.98. The molecule has 0 bridgehead atoms. The zero-order valence-electron chi connectivity index (χ0n) is 7.84. The number of hydrogen-bond donors (Lipinski definition) is 2. The number of H-pyrrole nitrogens is 1. The summed E-state index contributed by atoms with van der Waals surface area (Å²) in [5.41, 5.74) is 1.75. The van der Waals surface area contributed by atoms with Gasteiger partial charge in [0.1, 0.15) is 5.82 Å². The summed E-state index contributed by atoms with van der Waals surface area (Å²) < 4.78 is 0.966. The first-order valence-electron chi connectivity index (χ1n) is 4.44. The number of hydrogen-bond acceptors (Lipinski definition) is 3. The van der Waals surface area contributed by atoms with Gasteiger partial charge in [-0.3, -0.25) is 0 Å². The van der Waals surface area contributed by atoms with Gasteiger partial charge < -0.3 is 10.3 Å². The number of aromatic nitrogens is 3. The highest BCUT2D eigenvalue weighted by Crippen LogP contribution is 2.14. The molecule has 0 aromatic carbocycles. The number of rotatable bonds is 3. The number of fused-ring (bicyclic) bond motifs is 1. The fourth-order valence-electron chi connectivity index (χ4n) is 1.29. The fourth-order valence-corrected chi connectivity index (χ4v) is 1.62. The maximum Gasteiger partial charge on any atom is 0.177 e. The number of imidazole rings is 1. The van der Waals surface area contributed by atoms with Crippen LogP contribution in [0.25, 0.3) is 11.2 Å². The predicted molar refractivity (Wildman–Crippen MR) is 59.2 cm³/mol. The summed E-state index contributed by atoms with van der Waals surface area (Å²) in [4.78, 5) is 11.8. The number of pyridine rings is 1. The SMILES string of the molecule is CNCCc1nc2ncc(Br)cc2[nH]1. The van der Waals surface area contributed by atoms with E-state index in [0.717, 1.165) is 34.4 Å². The van der Waals surface area contributed by atoms with Gasteiger partial charge in [-0.2, -0.15) is 0 Å². The maximum absolute atomic E-state index is 4.36. The molecule has 2 aromatic rings. The van der Waals surface area contributed by atoms with Crippen LogP contribution in [0.15, 0.2) is 16.7 Å². The highest BCUT2D eigenvalue weighted by Gasteiger charge is 2.03. The topological polar surface area (TPSA) is 53.6 Å². The zero-order chi connectivity index (χ0) is 9.97. The quantitative estimate of drug-likeness (QED) is 0.873. The van der Waals surface area contributed by atoms with Crippen molar-refractivity contribution < 1.29 is 0 Å². The maximum atomic E-state index is 4.36. The molecule has 5 heteroatoms. The average Bonchev–Trinajstić information content (AvgIpc) is 2.56. The number of likely N-dealkylation sites (N-methyl/N-ethyl adjacent to an activating group) is 1. The lowest BCUT2D eigenvalue weighted by molar-refractivity contribution is 0.766. The summed E-state index contributed by atoms with van der Waals surface area (Å²) in [5, 5.41) is 3.08. The van der Waals surface area contributed by atoms with Crippen LogP contribution in [0.1, 0.15) is 5.82 Å². The van der Waals surface area contributed by atoms with Gasteiger partial charge in [0.05, 0.1) is 5.52 Å². The number of nitrogens with one attached hydrogen (secondary N) is 2. The van der Waals surface area contributed by atoms with Crippen molar-refractivity contribution in [3.05, 3.63) is 22.6 Å². The molecule has 0 aliphatic carbocycles. The minimum atomic E-state index is 0.777. The molecular formula is C9H11BrN4. The first kappa shape index (κ1) is 9.61. The Morgan fingerprint density at radius 1 is 1.57 bits per heavy atom. The predicted octanol–water partition coefficient (Wildman–Crippen LogP) is 1.48. The molecule has 2 N–H and O–H groups in total. The fraction of sp³-hybridized carbons (Fsp3) is 0.333. The molecule has 0 atom stereocenters. The standard InChI is InChI=1S/C9H11BrN4/c1-11-3-2-8-13-7-4-6(10)5-12-9(7)14-8/h4-5,11H,2-3H2,1H3,(H,12,13,14). The third kappa shape index (κ3) is 1.93. The van der Waals surface area contributed by atoms with Crippen LogP contribution in [0.5, 0.6) is 0 Å².